The third-order valence-corrected chi connectivity index (χ3v) is 4.96. The number of hydrogen-bond donors (Lipinski definition) is 1. The molecule has 2 amide bonds. The van der Waals surface area contributed by atoms with E-state index >= 15 is 0 Å². The van der Waals surface area contributed by atoms with E-state index in [4.69, 9.17) is 4.74 Å². The van der Waals surface area contributed by atoms with Crippen molar-refractivity contribution in [2.45, 2.75) is 13.3 Å². The van der Waals surface area contributed by atoms with E-state index in [-0.39, 0.29) is 11.8 Å². The fourth-order valence-electron chi connectivity index (χ4n) is 2.76. The summed E-state index contributed by atoms with van der Waals surface area (Å²) in [6.45, 7) is 2.82. The predicted molar refractivity (Wildman–Crippen MR) is 99.3 cm³/mol. The van der Waals surface area contributed by atoms with Crippen molar-refractivity contribution in [2.24, 2.45) is 0 Å². The fraction of sp³-hybridized carbons (Fsp3) is 0.263. The van der Waals surface area contributed by atoms with Crippen LogP contribution in [0.4, 0.5) is 5.69 Å². The molecular weight excluding hydrogens is 336 g/mol. The van der Waals surface area contributed by atoms with Crippen LogP contribution < -0.4 is 5.32 Å². The summed E-state index contributed by atoms with van der Waals surface area (Å²) in [5.74, 6) is -0.535. The molecule has 1 aliphatic rings. The zero-order chi connectivity index (χ0) is 17.8. The first-order chi connectivity index (χ1) is 12.1. The van der Waals surface area contributed by atoms with E-state index in [2.05, 4.69) is 5.32 Å². The molecule has 0 fully saturated rings. The average molecular weight is 356 g/mol. The van der Waals surface area contributed by atoms with Gasteiger partial charge in [-0.25, -0.2) is 0 Å². The minimum atomic E-state index is -0.284. The Morgan fingerprint density at radius 2 is 1.92 bits per heavy atom. The lowest BCUT2D eigenvalue weighted by Gasteiger charge is -2.15. The van der Waals surface area contributed by atoms with Gasteiger partial charge >= 0.3 is 0 Å². The molecule has 25 heavy (non-hydrogen) atoms. The third-order valence-electron chi connectivity index (χ3n) is 4.07. The topological polar surface area (TPSA) is 58.6 Å². The normalized spacial score (nSPS) is 14.6. The standard InChI is InChI=1S/C19H20N2O3S/c1-13-7-3-4-8-14(13)20-17-16(15-9-5-12-25-15)18(22)21(19(17)23)10-6-11-24-2/h3-5,7-9,12,20H,6,10-11H2,1-2H3. The number of carbonyl (C=O) groups is 2. The Hall–Kier alpha value is -2.44. The summed E-state index contributed by atoms with van der Waals surface area (Å²) in [7, 11) is 1.61. The molecule has 130 valence electrons. The monoisotopic (exact) mass is 356 g/mol. The fourth-order valence-corrected chi connectivity index (χ4v) is 3.53. The Balaban J connectivity index is 1.96. The number of amides is 2. The second kappa shape index (κ2) is 7.63. The van der Waals surface area contributed by atoms with Crippen LogP contribution in [0.15, 0.2) is 47.5 Å². The van der Waals surface area contributed by atoms with Crippen molar-refractivity contribution in [1.82, 2.24) is 4.90 Å². The number of para-hydroxylation sites is 1. The third kappa shape index (κ3) is 3.50. The molecule has 2 aromatic rings. The summed E-state index contributed by atoms with van der Waals surface area (Å²) in [5.41, 5.74) is 2.63. The number of carbonyl (C=O) groups excluding carboxylic acids is 2. The molecule has 0 radical (unpaired) electrons. The van der Waals surface area contributed by atoms with Gasteiger partial charge in [-0.05, 0) is 36.4 Å². The number of ether oxygens (including phenoxy) is 1. The molecule has 3 rings (SSSR count). The van der Waals surface area contributed by atoms with Gasteiger partial charge in [0.2, 0.25) is 0 Å². The van der Waals surface area contributed by atoms with Gasteiger partial charge in [0.1, 0.15) is 5.70 Å². The van der Waals surface area contributed by atoms with Crippen LogP contribution in [0.25, 0.3) is 5.57 Å². The number of methoxy groups -OCH3 is 1. The maximum Gasteiger partial charge on any atom is 0.278 e. The molecule has 0 saturated carbocycles. The van der Waals surface area contributed by atoms with Crippen molar-refractivity contribution in [3.8, 4) is 0 Å². The molecule has 1 N–H and O–H groups in total. The second-order valence-electron chi connectivity index (χ2n) is 5.78. The van der Waals surface area contributed by atoms with Gasteiger partial charge in [-0.3, -0.25) is 14.5 Å². The Bertz CT molecular complexity index is 812. The molecule has 5 nitrogen and oxygen atoms in total. The van der Waals surface area contributed by atoms with Gasteiger partial charge in [0, 0.05) is 30.8 Å². The van der Waals surface area contributed by atoms with Gasteiger partial charge in [0.05, 0.1) is 5.57 Å². The summed E-state index contributed by atoms with van der Waals surface area (Å²) >= 11 is 1.45. The number of hydrogen-bond acceptors (Lipinski definition) is 5. The van der Waals surface area contributed by atoms with E-state index in [9.17, 15) is 9.59 Å². The quantitative estimate of drug-likeness (QED) is 0.611. The van der Waals surface area contributed by atoms with Gasteiger partial charge in [-0.1, -0.05) is 24.3 Å². The van der Waals surface area contributed by atoms with Gasteiger partial charge in [-0.15, -0.1) is 11.3 Å². The molecule has 1 aromatic carbocycles. The maximum absolute atomic E-state index is 12.9. The van der Waals surface area contributed by atoms with Crippen LogP contribution in [0.1, 0.15) is 16.9 Å². The number of rotatable bonds is 7. The zero-order valence-corrected chi connectivity index (χ0v) is 15.1. The lowest BCUT2D eigenvalue weighted by Crippen LogP contribution is -2.33. The largest absolute Gasteiger partial charge is 0.385 e. The molecule has 0 bridgehead atoms. The molecule has 6 heteroatoms. The van der Waals surface area contributed by atoms with E-state index in [1.54, 1.807) is 7.11 Å². The number of imide groups is 1. The van der Waals surface area contributed by atoms with Gasteiger partial charge < -0.3 is 10.1 Å². The van der Waals surface area contributed by atoms with Crippen LogP contribution in [-0.2, 0) is 14.3 Å². The van der Waals surface area contributed by atoms with E-state index in [0.29, 0.717) is 30.8 Å². The van der Waals surface area contributed by atoms with E-state index < -0.39 is 0 Å². The highest BCUT2D eigenvalue weighted by molar-refractivity contribution is 7.11. The summed E-state index contributed by atoms with van der Waals surface area (Å²) in [6, 6.07) is 11.4. The number of nitrogens with zero attached hydrogens (tertiary/aromatic N) is 1. The molecule has 0 saturated heterocycles. The molecule has 0 atom stereocenters. The maximum atomic E-state index is 12.9. The summed E-state index contributed by atoms with van der Waals surface area (Å²) in [6.07, 6.45) is 0.614. The van der Waals surface area contributed by atoms with Crippen molar-refractivity contribution >= 4 is 34.4 Å². The van der Waals surface area contributed by atoms with Crippen LogP contribution in [0.2, 0.25) is 0 Å². The van der Waals surface area contributed by atoms with E-state index in [1.165, 1.54) is 16.2 Å². The van der Waals surface area contributed by atoms with Crippen LogP contribution >= 0.6 is 11.3 Å². The molecule has 1 aliphatic heterocycles. The highest BCUT2D eigenvalue weighted by Crippen LogP contribution is 2.33. The lowest BCUT2D eigenvalue weighted by atomic mass is 10.1. The number of thiophene rings is 1. The Morgan fingerprint density at radius 3 is 2.60 bits per heavy atom. The van der Waals surface area contributed by atoms with Crippen LogP contribution in [0.3, 0.4) is 0 Å². The predicted octanol–water partition coefficient (Wildman–Crippen LogP) is 3.29. The van der Waals surface area contributed by atoms with Crippen LogP contribution in [0.5, 0.6) is 0 Å². The number of anilines is 1. The van der Waals surface area contributed by atoms with Crippen molar-refractivity contribution in [3.63, 3.8) is 0 Å². The van der Waals surface area contributed by atoms with Crippen molar-refractivity contribution in [1.29, 1.82) is 0 Å². The van der Waals surface area contributed by atoms with E-state index in [1.807, 2.05) is 48.7 Å². The smallest absolute Gasteiger partial charge is 0.278 e. The Morgan fingerprint density at radius 1 is 1.12 bits per heavy atom. The number of aryl methyl sites for hydroxylation is 1. The minimum absolute atomic E-state index is 0.250. The Labute approximate surface area is 150 Å². The van der Waals surface area contributed by atoms with Crippen molar-refractivity contribution < 1.29 is 14.3 Å². The summed E-state index contributed by atoms with van der Waals surface area (Å²) in [5, 5.41) is 5.09. The first-order valence-electron chi connectivity index (χ1n) is 8.09. The first-order valence-corrected chi connectivity index (χ1v) is 8.97. The molecule has 0 spiro atoms. The summed E-state index contributed by atoms with van der Waals surface area (Å²) < 4.78 is 5.03. The Kier molecular flexibility index (Phi) is 5.31. The average Bonchev–Trinajstić information content (AvgIpc) is 3.20. The highest BCUT2D eigenvalue weighted by Gasteiger charge is 2.39. The first kappa shape index (κ1) is 17.4. The van der Waals surface area contributed by atoms with Crippen molar-refractivity contribution in [2.75, 3.05) is 25.6 Å². The zero-order valence-electron chi connectivity index (χ0n) is 14.2. The number of nitrogens with one attached hydrogen (secondary N) is 1. The van der Waals surface area contributed by atoms with Crippen LogP contribution in [0, 0.1) is 6.92 Å². The minimum Gasteiger partial charge on any atom is -0.385 e. The lowest BCUT2D eigenvalue weighted by molar-refractivity contribution is -0.136. The van der Waals surface area contributed by atoms with Gasteiger partial charge in [0.25, 0.3) is 11.8 Å². The van der Waals surface area contributed by atoms with Gasteiger partial charge in [0.15, 0.2) is 0 Å². The highest BCUT2D eigenvalue weighted by atomic mass is 32.1. The van der Waals surface area contributed by atoms with E-state index in [0.717, 1.165) is 16.1 Å². The molecule has 0 aliphatic carbocycles. The van der Waals surface area contributed by atoms with Gasteiger partial charge in [-0.2, -0.15) is 0 Å². The summed E-state index contributed by atoms with van der Waals surface area (Å²) in [4.78, 5) is 27.8. The van der Waals surface area contributed by atoms with Crippen LogP contribution in [-0.4, -0.2) is 37.0 Å². The van der Waals surface area contributed by atoms with Crippen molar-refractivity contribution in [3.05, 3.63) is 57.9 Å². The molecule has 1 aromatic heterocycles. The molecular formula is C19H20N2O3S. The second-order valence-corrected chi connectivity index (χ2v) is 6.72. The molecule has 2 heterocycles. The SMILES string of the molecule is COCCCN1C(=O)C(Nc2ccccc2C)=C(c2cccs2)C1=O. The molecule has 0 unspecified atom stereocenters. The number of benzene rings is 1.